The van der Waals surface area contributed by atoms with Crippen molar-refractivity contribution in [2.24, 2.45) is 17.8 Å². The number of benzene rings is 2. The summed E-state index contributed by atoms with van der Waals surface area (Å²) in [5, 5.41) is 3.71. The van der Waals surface area contributed by atoms with Crippen molar-refractivity contribution in [2.45, 2.75) is 39.2 Å². The third kappa shape index (κ3) is 4.30. The number of rotatable bonds is 7. The highest BCUT2D eigenvalue weighted by Crippen LogP contribution is 2.51. The number of anilines is 2. The lowest BCUT2D eigenvalue weighted by molar-refractivity contribution is 0.280. The Balaban J connectivity index is 1.06. The molecule has 3 aliphatic rings. The maximum absolute atomic E-state index is 3.71. The van der Waals surface area contributed by atoms with E-state index in [1.54, 1.807) is 0 Å². The number of nitrogens with one attached hydrogen (secondary N) is 1. The number of nitrogens with zero attached hydrogens (tertiary/aromatic N) is 2. The number of likely N-dealkylation sites (tertiary alicyclic amines) is 1. The quantitative estimate of drug-likeness (QED) is 0.716. The molecule has 1 aliphatic carbocycles. The van der Waals surface area contributed by atoms with Gasteiger partial charge in [-0.05, 0) is 78.8 Å². The van der Waals surface area contributed by atoms with E-state index in [0.717, 1.165) is 37.3 Å². The van der Waals surface area contributed by atoms with Gasteiger partial charge >= 0.3 is 0 Å². The van der Waals surface area contributed by atoms with Crippen LogP contribution in [0.1, 0.15) is 37.3 Å². The van der Waals surface area contributed by atoms with Crippen molar-refractivity contribution in [3.8, 4) is 0 Å². The van der Waals surface area contributed by atoms with Crippen LogP contribution in [0, 0.1) is 17.8 Å². The Hall–Kier alpha value is -2.00. The zero-order chi connectivity index (χ0) is 19.6. The van der Waals surface area contributed by atoms with E-state index in [2.05, 4.69) is 70.6 Å². The molecule has 3 heteroatoms. The minimum Gasteiger partial charge on any atom is -0.385 e. The van der Waals surface area contributed by atoms with Crippen LogP contribution < -0.4 is 10.2 Å². The molecular formula is C26H35N3. The first-order chi connectivity index (χ1) is 14.3. The molecule has 2 unspecified atom stereocenters. The summed E-state index contributed by atoms with van der Waals surface area (Å²) in [7, 11) is 0. The fourth-order valence-electron chi connectivity index (χ4n) is 5.49. The monoisotopic (exact) mass is 389 g/mol. The molecule has 2 atom stereocenters. The minimum atomic E-state index is 0.871. The minimum absolute atomic E-state index is 0.871. The van der Waals surface area contributed by atoms with Crippen LogP contribution in [0.25, 0.3) is 0 Å². The van der Waals surface area contributed by atoms with Crippen LogP contribution in [0.4, 0.5) is 11.4 Å². The van der Waals surface area contributed by atoms with Crippen LogP contribution in [0.5, 0.6) is 0 Å². The second-order valence-electron chi connectivity index (χ2n) is 9.33. The van der Waals surface area contributed by atoms with Gasteiger partial charge in [0, 0.05) is 50.6 Å². The summed E-state index contributed by atoms with van der Waals surface area (Å²) in [6.45, 7) is 9.47. The highest BCUT2D eigenvalue weighted by molar-refractivity contribution is 5.55. The van der Waals surface area contributed by atoms with Crippen molar-refractivity contribution >= 4 is 11.4 Å². The summed E-state index contributed by atoms with van der Waals surface area (Å²) in [6.07, 6.45) is 5.20. The Bertz CT molecular complexity index is 780. The summed E-state index contributed by atoms with van der Waals surface area (Å²) in [5.41, 5.74) is 5.57. The second-order valence-corrected chi connectivity index (χ2v) is 9.33. The Morgan fingerprint density at radius 1 is 0.828 bits per heavy atom. The lowest BCUT2D eigenvalue weighted by Gasteiger charge is -2.28. The van der Waals surface area contributed by atoms with Gasteiger partial charge in [-0.3, -0.25) is 4.90 Å². The van der Waals surface area contributed by atoms with E-state index in [4.69, 9.17) is 0 Å². The second kappa shape index (κ2) is 8.39. The Labute approximate surface area is 176 Å². The molecule has 1 N–H and O–H groups in total. The topological polar surface area (TPSA) is 18.5 Å². The molecule has 29 heavy (non-hydrogen) atoms. The van der Waals surface area contributed by atoms with Gasteiger partial charge in [-0.2, -0.15) is 0 Å². The van der Waals surface area contributed by atoms with Crippen LogP contribution in [0.3, 0.4) is 0 Å². The molecule has 3 nitrogen and oxygen atoms in total. The van der Waals surface area contributed by atoms with Crippen LogP contribution in [0.2, 0.25) is 0 Å². The fourth-order valence-corrected chi connectivity index (χ4v) is 5.49. The van der Waals surface area contributed by atoms with Crippen molar-refractivity contribution in [3.63, 3.8) is 0 Å². The molecule has 1 saturated carbocycles. The fraction of sp³-hybridized carbons (Fsp3) is 0.538. The van der Waals surface area contributed by atoms with Crippen LogP contribution in [-0.2, 0) is 13.0 Å². The third-order valence-corrected chi connectivity index (χ3v) is 7.41. The molecule has 2 heterocycles. The first kappa shape index (κ1) is 19.0. The highest BCUT2D eigenvalue weighted by atomic mass is 15.2. The van der Waals surface area contributed by atoms with Crippen molar-refractivity contribution in [2.75, 3.05) is 42.9 Å². The van der Waals surface area contributed by atoms with E-state index in [0.29, 0.717) is 0 Å². The van der Waals surface area contributed by atoms with E-state index < -0.39 is 0 Å². The van der Waals surface area contributed by atoms with Crippen molar-refractivity contribution in [3.05, 3.63) is 59.7 Å². The van der Waals surface area contributed by atoms with Gasteiger partial charge in [-0.1, -0.05) is 31.2 Å². The Morgan fingerprint density at radius 3 is 2.14 bits per heavy atom. The molecule has 0 radical (unpaired) electrons. The number of piperidine rings is 2. The Kier molecular flexibility index (Phi) is 5.50. The molecule has 154 valence electrons. The zero-order valence-corrected chi connectivity index (χ0v) is 17.8. The zero-order valence-electron chi connectivity index (χ0n) is 17.8. The maximum Gasteiger partial charge on any atom is 0.0367 e. The molecule has 0 spiro atoms. The van der Waals surface area contributed by atoms with Crippen LogP contribution >= 0.6 is 0 Å². The molecule has 3 fully saturated rings. The van der Waals surface area contributed by atoms with E-state index in [-0.39, 0.29) is 0 Å². The van der Waals surface area contributed by atoms with Gasteiger partial charge in [-0.25, -0.2) is 0 Å². The van der Waals surface area contributed by atoms with Gasteiger partial charge in [0.15, 0.2) is 0 Å². The first-order valence-corrected chi connectivity index (χ1v) is 11.7. The molecule has 2 saturated heterocycles. The Morgan fingerprint density at radius 2 is 1.48 bits per heavy atom. The first-order valence-electron chi connectivity index (χ1n) is 11.7. The molecule has 2 aliphatic heterocycles. The van der Waals surface area contributed by atoms with Gasteiger partial charge in [-0.15, -0.1) is 0 Å². The smallest absolute Gasteiger partial charge is 0.0367 e. The summed E-state index contributed by atoms with van der Waals surface area (Å²) in [4.78, 5) is 5.18. The lowest BCUT2D eigenvalue weighted by atomic mass is 10.1. The van der Waals surface area contributed by atoms with Gasteiger partial charge in [0.25, 0.3) is 0 Å². The summed E-state index contributed by atoms with van der Waals surface area (Å²) >= 11 is 0. The highest BCUT2D eigenvalue weighted by Gasteiger charge is 2.54. The maximum atomic E-state index is 3.71. The average Bonchev–Trinajstić information content (AvgIpc) is 3.24. The van der Waals surface area contributed by atoms with Gasteiger partial charge < -0.3 is 10.2 Å². The van der Waals surface area contributed by atoms with E-state index in [1.165, 1.54) is 67.9 Å². The van der Waals surface area contributed by atoms with E-state index in [9.17, 15) is 0 Å². The molecule has 2 aromatic carbocycles. The van der Waals surface area contributed by atoms with Gasteiger partial charge in [0.1, 0.15) is 0 Å². The molecular weight excluding hydrogens is 354 g/mol. The molecule has 2 aromatic rings. The number of hydrogen-bond acceptors (Lipinski definition) is 3. The predicted octanol–water partition coefficient (Wildman–Crippen LogP) is 5.03. The number of fused-ring (bicyclic) bond motifs is 1. The summed E-state index contributed by atoms with van der Waals surface area (Å²) in [5.74, 6) is 2.69. The van der Waals surface area contributed by atoms with E-state index in [1.807, 2.05) is 0 Å². The van der Waals surface area contributed by atoms with Crippen molar-refractivity contribution in [1.82, 2.24) is 4.90 Å². The number of hydrogen-bond donors (Lipinski definition) is 1. The van der Waals surface area contributed by atoms with Gasteiger partial charge in [0.2, 0.25) is 0 Å². The van der Waals surface area contributed by atoms with Crippen molar-refractivity contribution in [1.29, 1.82) is 0 Å². The molecule has 0 amide bonds. The number of aryl methyl sites for hydroxylation is 1. The molecule has 0 bridgehead atoms. The standard InChI is InChI=1S/C26H35N3/c1-2-20-6-8-21(9-7-20)17-28-18-25-24(26(25)19-28)16-27-22-10-12-23(13-11-22)29-14-4-3-5-15-29/h6-13,24-27H,2-5,14-19H2,1H3. The average molecular weight is 390 g/mol. The normalized spacial score (nSPS) is 26.4. The third-order valence-electron chi connectivity index (χ3n) is 7.41. The van der Waals surface area contributed by atoms with E-state index >= 15 is 0 Å². The SMILES string of the molecule is CCc1ccc(CN2CC3C(CNc4ccc(N5CCCCC5)cc4)C3C2)cc1. The largest absolute Gasteiger partial charge is 0.385 e. The molecule has 0 aromatic heterocycles. The predicted molar refractivity (Wildman–Crippen MR) is 123 cm³/mol. The van der Waals surface area contributed by atoms with Gasteiger partial charge in [0.05, 0.1) is 0 Å². The summed E-state index contributed by atoms with van der Waals surface area (Å²) in [6, 6.07) is 18.3. The molecule has 5 rings (SSSR count). The van der Waals surface area contributed by atoms with Crippen molar-refractivity contribution < 1.29 is 0 Å². The lowest BCUT2D eigenvalue weighted by Crippen LogP contribution is -2.29. The van der Waals surface area contributed by atoms with Crippen LogP contribution in [-0.4, -0.2) is 37.6 Å². The van der Waals surface area contributed by atoms with Crippen LogP contribution in [0.15, 0.2) is 48.5 Å². The summed E-state index contributed by atoms with van der Waals surface area (Å²) < 4.78 is 0.